The Balaban J connectivity index is 2.26. The Hall–Kier alpha value is -2.78. The van der Waals surface area contributed by atoms with Gasteiger partial charge in [-0.1, -0.05) is 6.92 Å². The first-order valence-corrected chi connectivity index (χ1v) is 9.19. The fourth-order valence-electron chi connectivity index (χ4n) is 2.84. The van der Waals surface area contributed by atoms with E-state index >= 15 is 0 Å². The molecule has 1 aliphatic heterocycles. The highest BCUT2D eigenvalue weighted by Crippen LogP contribution is 2.40. The number of nitrogens with zero attached hydrogens (tertiary/aromatic N) is 1. The van der Waals surface area contributed by atoms with Crippen LogP contribution < -0.4 is 10.1 Å². The molecule has 150 valence electrons. The van der Waals surface area contributed by atoms with Crippen LogP contribution in [0.15, 0.2) is 36.2 Å². The van der Waals surface area contributed by atoms with Crippen LogP contribution in [0.5, 0.6) is 5.75 Å². The van der Waals surface area contributed by atoms with Gasteiger partial charge in [0, 0.05) is 17.8 Å². The first-order chi connectivity index (χ1) is 13.4. The predicted octanol–water partition coefficient (Wildman–Crippen LogP) is 2.39. The average Bonchev–Trinajstić information content (AvgIpc) is 2.68. The van der Waals surface area contributed by atoms with Crippen molar-refractivity contribution in [1.82, 2.24) is 5.32 Å². The molecule has 1 aliphatic rings. The summed E-state index contributed by atoms with van der Waals surface area (Å²) < 4.78 is 17.0. The molecule has 0 aromatic heterocycles. The van der Waals surface area contributed by atoms with Gasteiger partial charge in [-0.3, -0.25) is 0 Å². The van der Waals surface area contributed by atoms with Gasteiger partial charge in [-0.25, -0.2) is 4.79 Å². The summed E-state index contributed by atoms with van der Waals surface area (Å²) in [5, 5.41) is 23.2. The lowest BCUT2D eigenvalue weighted by atomic mass is 9.86. The molecular weight excluding hydrogens is 360 g/mol. The van der Waals surface area contributed by atoms with Crippen molar-refractivity contribution in [1.29, 1.82) is 5.26 Å². The van der Waals surface area contributed by atoms with Crippen LogP contribution >= 0.6 is 0 Å². The Morgan fingerprint density at radius 3 is 2.93 bits per heavy atom. The fourth-order valence-corrected chi connectivity index (χ4v) is 2.84. The van der Waals surface area contributed by atoms with E-state index in [1.165, 1.54) is 6.08 Å². The molecule has 2 N–H and O–H groups in total. The molecule has 1 aromatic rings. The van der Waals surface area contributed by atoms with E-state index in [-0.39, 0.29) is 13.2 Å². The normalized spacial score (nSPS) is 20.2. The van der Waals surface area contributed by atoms with Crippen LogP contribution in [-0.4, -0.2) is 42.6 Å². The smallest absolute Gasteiger partial charge is 0.137 e. The number of aliphatic hydroxyl groups excluding tert-OH is 1. The quantitative estimate of drug-likeness (QED) is 0.382. The van der Waals surface area contributed by atoms with Gasteiger partial charge < -0.3 is 24.6 Å². The van der Waals surface area contributed by atoms with E-state index in [4.69, 9.17) is 14.2 Å². The zero-order valence-electron chi connectivity index (χ0n) is 16.4. The van der Waals surface area contributed by atoms with E-state index in [0.717, 1.165) is 6.42 Å². The van der Waals surface area contributed by atoms with Gasteiger partial charge >= 0.3 is 0 Å². The second kappa shape index (κ2) is 9.95. The average molecular weight is 386 g/mol. The van der Waals surface area contributed by atoms with Crippen LogP contribution in [0.2, 0.25) is 0 Å². The highest BCUT2D eigenvalue weighted by molar-refractivity contribution is 5.46. The van der Waals surface area contributed by atoms with Crippen molar-refractivity contribution < 1.29 is 24.1 Å². The largest absolute Gasteiger partial charge is 0.494 e. The summed E-state index contributed by atoms with van der Waals surface area (Å²) in [6.45, 7) is 6.42. The van der Waals surface area contributed by atoms with Crippen LogP contribution in [0.25, 0.3) is 0 Å². The van der Waals surface area contributed by atoms with Crippen LogP contribution in [0, 0.1) is 11.3 Å². The monoisotopic (exact) mass is 386 g/mol. The van der Waals surface area contributed by atoms with Gasteiger partial charge in [0.05, 0.1) is 30.9 Å². The van der Waals surface area contributed by atoms with E-state index in [1.54, 1.807) is 44.2 Å². The molecule has 28 heavy (non-hydrogen) atoms. The van der Waals surface area contributed by atoms with Gasteiger partial charge in [0.2, 0.25) is 0 Å². The minimum absolute atomic E-state index is 0.137. The van der Waals surface area contributed by atoms with Gasteiger partial charge in [-0.05, 0) is 38.5 Å². The molecule has 0 fully saturated rings. The van der Waals surface area contributed by atoms with E-state index in [1.807, 2.05) is 6.92 Å². The number of hydrogen-bond acceptors (Lipinski definition) is 7. The molecule has 0 bridgehead atoms. The van der Waals surface area contributed by atoms with Crippen molar-refractivity contribution in [3.05, 3.63) is 47.4 Å². The molecule has 0 amide bonds. The summed E-state index contributed by atoms with van der Waals surface area (Å²) in [6.07, 6.45) is 2.86. The predicted molar refractivity (Wildman–Crippen MR) is 103 cm³/mol. The van der Waals surface area contributed by atoms with Crippen molar-refractivity contribution in [2.24, 2.45) is 0 Å². The Morgan fingerprint density at radius 2 is 2.25 bits per heavy atom. The van der Waals surface area contributed by atoms with Gasteiger partial charge in [0.1, 0.15) is 35.8 Å². The van der Waals surface area contributed by atoms with Crippen molar-refractivity contribution in [2.45, 2.75) is 44.9 Å². The number of carbonyl (C=O) groups excluding carboxylic acids is 1. The van der Waals surface area contributed by atoms with E-state index in [2.05, 4.69) is 11.4 Å². The SMILES string of the molecule is CCCOC(=CN[C@@H]1c2cc(C#N)ccc2OC(C)(C)[C@H]1O)COCC=C=O. The third kappa shape index (κ3) is 5.37. The second-order valence-corrected chi connectivity index (χ2v) is 6.96. The minimum atomic E-state index is -0.864. The van der Waals surface area contributed by atoms with E-state index < -0.39 is 17.7 Å². The van der Waals surface area contributed by atoms with Crippen molar-refractivity contribution in [3.63, 3.8) is 0 Å². The topological polar surface area (TPSA) is 101 Å². The second-order valence-electron chi connectivity index (χ2n) is 6.96. The molecule has 0 aliphatic carbocycles. The first kappa shape index (κ1) is 21.5. The summed E-state index contributed by atoms with van der Waals surface area (Å²) in [5.74, 6) is 2.81. The van der Waals surface area contributed by atoms with Crippen LogP contribution in [0.4, 0.5) is 0 Å². The number of rotatable bonds is 9. The molecule has 0 radical (unpaired) electrons. The maximum Gasteiger partial charge on any atom is 0.137 e. The minimum Gasteiger partial charge on any atom is -0.494 e. The summed E-state index contributed by atoms with van der Waals surface area (Å²) >= 11 is 0. The number of nitriles is 1. The van der Waals surface area contributed by atoms with Gasteiger partial charge in [-0.15, -0.1) is 0 Å². The molecule has 7 nitrogen and oxygen atoms in total. The maximum absolute atomic E-state index is 10.8. The molecule has 2 atom stereocenters. The zero-order valence-corrected chi connectivity index (χ0v) is 16.4. The summed E-state index contributed by atoms with van der Waals surface area (Å²) in [4.78, 5) is 10.2. The number of ether oxygens (including phenoxy) is 3. The van der Waals surface area contributed by atoms with Crippen LogP contribution in [-0.2, 0) is 14.3 Å². The van der Waals surface area contributed by atoms with Gasteiger partial charge in [-0.2, -0.15) is 5.26 Å². The highest BCUT2D eigenvalue weighted by Gasteiger charge is 2.42. The molecule has 2 rings (SSSR count). The lowest BCUT2D eigenvalue weighted by Gasteiger charge is -2.42. The number of aliphatic hydroxyl groups is 1. The lowest BCUT2D eigenvalue weighted by molar-refractivity contribution is -0.0623. The van der Waals surface area contributed by atoms with Crippen LogP contribution in [0.3, 0.4) is 0 Å². The Labute approximate surface area is 165 Å². The third-order valence-electron chi connectivity index (χ3n) is 4.32. The molecule has 1 heterocycles. The first-order valence-electron chi connectivity index (χ1n) is 9.19. The van der Waals surface area contributed by atoms with Gasteiger partial charge in [0.25, 0.3) is 0 Å². The number of nitrogens with one attached hydrogen (secondary N) is 1. The Morgan fingerprint density at radius 1 is 1.46 bits per heavy atom. The molecule has 0 unspecified atom stereocenters. The molecular formula is C21H26N2O5. The van der Waals surface area contributed by atoms with Crippen molar-refractivity contribution >= 4 is 5.94 Å². The zero-order chi connectivity index (χ0) is 20.6. The third-order valence-corrected chi connectivity index (χ3v) is 4.32. The summed E-state index contributed by atoms with van der Waals surface area (Å²) in [7, 11) is 0. The number of fused-ring (bicyclic) bond motifs is 1. The van der Waals surface area contributed by atoms with E-state index in [9.17, 15) is 15.2 Å². The molecule has 7 heteroatoms. The van der Waals surface area contributed by atoms with Crippen LogP contribution in [0.1, 0.15) is 44.4 Å². The Kier molecular flexibility index (Phi) is 7.65. The number of benzene rings is 1. The molecule has 1 aromatic carbocycles. The van der Waals surface area contributed by atoms with Gasteiger partial charge in [0.15, 0.2) is 0 Å². The number of hydrogen-bond donors (Lipinski definition) is 2. The summed E-state index contributed by atoms with van der Waals surface area (Å²) in [6, 6.07) is 6.74. The Bertz CT molecular complexity index is 790. The molecule has 0 spiro atoms. The summed E-state index contributed by atoms with van der Waals surface area (Å²) in [5.41, 5.74) is 0.362. The van der Waals surface area contributed by atoms with E-state index in [0.29, 0.717) is 29.2 Å². The molecule has 0 saturated heterocycles. The fraction of sp³-hybridized carbons (Fsp3) is 0.476. The maximum atomic E-state index is 10.8. The van der Waals surface area contributed by atoms with Crippen molar-refractivity contribution in [3.8, 4) is 11.8 Å². The molecule has 0 saturated carbocycles. The highest BCUT2D eigenvalue weighted by atomic mass is 16.5. The standard InChI is InChI=1S/C21H26N2O5/c1-4-9-27-16(14-26-10-5-8-24)13-23-19-17-11-15(12-22)6-7-18(17)28-21(2,3)20(19)25/h5-7,11,13,19-20,23,25H,4,9-10,14H2,1-3H3/t19-,20+/m1/s1. The van der Waals surface area contributed by atoms with Crippen molar-refractivity contribution in [2.75, 3.05) is 19.8 Å². The lowest BCUT2D eigenvalue weighted by Crippen LogP contribution is -2.51.